The van der Waals surface area contributed by atoms with Crippen LogP contribution in [0.1, 0.15) is 54.9 Å². The van der Waals surface area contributed by atoms with E-state index in [2.05, 4.69) is 20.8 Å². The molecule has 17 heavy (non-hydrogen) atoms. The summed E-state index contributed by atoms with van der Waals surface area (Å²) in [5.41, 5.74) is -0.231. The highest BCUT2D eigenvalue weighted by atomic mass is 32.2. The van der Waals surface area contributed by atoms with Crippen LogP contribution in [0.5, 0.6) is 0 Å². The lowest BCUT2D eigenvalue weighted by atomic mass is 9.92. The molecule has 2 nitrogen and oxygen atoms in total. The number of thioether (sulfide) groups is 1. The lowest BCUT2D eigenvalue weighted by molar-refractivity contribution is -0.140. The van der Waals surface area contributed by atoms with Crippen LogP contribution in [0.25, 0.3) is 0 Å². The fourth-order valence-corrected chi connectivity index (χ4v) is 3.26. The van der Waals surface area contributed by atoms with E-state index in [4.69, 9.17) is 0 Å². The van der Waals surface area contributed by atoms with Crippen molar-refractivity contribution in [3.05, 3.63) is 0 Å². The lowest BCUT2D eigenvalue weighted by Crippen LogP contribution is -2.48. The SMILES string of the molecule is CC.CC1CC(C)(C)SCC(C)(C)C(=O)N1C. The molecule has 1 fully saturated rings. The lowest BCUT2D eigenvalue weighted by Gasteiger charge is -2.41. The van der Waals surface area contributed by atoms with Gasteiger partial charge in [0.2, 0.25) is 5.91 Å². The van der Waals surface area contributed by atoms with E-state index in [0.29, 0.717) is 6.04 Å². The molecule has 0 aromatic carbocycles. The Hall–Kier alpha value is -0.180. The van der Waals surface area contributed by atoms with Gasteiger partial charge in [-0.3, -0.25) is 4.79 Å². The molecule has 0 aromatic rings. The zero-order valence-corrected chi connectivity index (χ0v) is 13.6. The van der Waals surface area contributed by atoms with E-state index in [9.17, 15) is 4.79 Å². The van der Waals surface area contributed by atoms with Crippen LogP contribution in [0.4, 0.5) is 0 Å². The molecule has 1 aliphatic heterocycles. The maximum absolute atomic E-state index is 12.2. The average molecular weight is 259 g/mol. The second-order valence-corrected chi connectivity index (χ2v) is 7.58. The molecule has 1 atom stereocenters. The normalized spacial score (nSPS) is 27.6. The highest BCUT2D eigenvalue weighted by molar-refractivity contribution is 8.00. The van der Waals surface area contributed by atoms with Gasteiger partial charge in [0.05, 0.1) is 5.41 Å². The van der Waals surface area contributed by atoms with Crippen LogP contribution in [0, 0.1) is 5.41 Å². The third-order valence-corrected chi connectivity index (χ3v) is 4.99. The van der Waals surface area contributed by atoms with Gasteiger partial charge >= 0.3 is 0 Å². The van der Waals surface area contributed by atoms with Crippen LogP contribution in [0.2, 0.25) is 0 Å². The number of amides is 1. The standard InChI is InChI=1S/C12H23NOS.C2H6/c1-9-7-12(4,5)15-8-11(2,3)10(14)13(9)6;1-2/h9H,7-8H2,1-6H3;1-2H3. The third-order valence-electron chi connectivity index (χ3n) is 3.17. The first kappa shape index (κ1) is 16.8. The van der Waals surface area contributed by atoms with Gasteiger partial charge in [-0.2, -0.15) is 11.8 Å². The first-order valence-electron chi connectivity index (χ1n) is 6.57. The fraction of sp³-hybridized carbons (Fsp3) is 0.929. The van der Waals surface area contributed by atoms with Crippen LogP contribution < -0.4 is 0 Å². The van der Waals surface area contributed by atoms with Crippen LogP contribution in [-0.4, -0.2) is 34.4 Å². The van der Waals surface area contributed by atoms with E-state index in [1.54, 1.807) is 0 Å². The molecule has 1 saturated heterocycles. The molecule has 3 heteroatoms. The van der Waals surface area contributed by atoms with Gasteiger partial charge in [0.1, 0.15) is 0 Å². The highest BCUT2D eigenvalue weighted by Gasteiger charge is 2.38. The molecule has 1 amide bonds. The van der Waals surface area contributed by atoms with Crippen molar-refractivity contribution in [1.29, 1.82) is 0 Å². The van der Waals surface area contributed by atoms with Crippen LogP contribution in [0.3, 0.4) is 0 Å². The van der Waals surface area contributed by atoms with Gasteiger partial charge in [0.15, 0.2) is 0 Å². The van der Waals surface area contributed by atoms with E-state index >= 15 is 0 Å². The summed E-state index contributed by atoms with van der Waals surface area (Å²) in [6, 6.07) is 0.333. The number of carbonyl (C=O) groups is 1. The van der Waals surface area contributed by atoms with Crippen LogP contribution >= 0.6 is 11.8 Å². The van der Waals surface area contributed by atoms with Crippen LogP contribution in [-0.2, 0) is 4.79 Å². The maximum atomic E-state index is 12.2. The van der Waals surface area contributed by atoms with Crippen molar-refractivity contribution < 1.29 is 4.79 Å². The topological polar surface area (TPSA) is 20.3 Å². The zero-order chi connectivity index (χ0) is 13.9. The molecule has 0 bridgehead atoms. The van der Waals surface area contributed by atoms with Crippen molar-refractivity contribution >= 4 is 17.7 Å². The summed E-state index contributed by atoms with van der Waals surface area (Å²) < 4.78 is 0.269. The molecule has 0 saturated carbocycles. The molecule has 0 spiro atoms. The molecule has 0 N–H and O–H groups in total. The quantitative estimate of drug-likeness (QED) is 0.659. The Labute approximate surface area is 112 Å². The molecule has 1 rings (SSSR count). The molecule has 0 aliphatic carbocycles. The van der Waals surface area contributed by atoms with Gasteiger partial charge in [-0.05, 0) is 13.3 Å². The molecule has 1 unspecified atom stereocenters. The van der Waals surface area contributed by atoms with Crippen molar-refractivity contribution in [2.45, 2.75) is 65.7 Å². The van der Waals surface area contributed by atoms with E-state index in [0.717, 1.165) is 12.2 Å². The Morgan fingerprint density at radius 2 is 1.71 bits per heavy atom. The number of hydrogen-bond acceptors (Lipinski definition) is 2. The summed E-state index contributed by atoms with van der Waals surface area (Å²) in [4.78, 5) is 14.1. The minimum Gasteiger partial charge on any atom is -0.343 e. The van der Waals surface area contributed by atoms with E-state index < -0.39 is 0 Å². The Kier molecular flexibility index (Phi) is 6.06. The van der Waals surface area contributed by atoms with Gasteiger partial charge in [0, 0.05) is 23.6 Å². The summed E-state index contributed by atoms with van der Waals surface area (Å²) in [5, 5.41) is 0. The average Bonchev–Trinajstić information content (AvgIpc) is 2.26. The Morgan fingerprint density at radius 1 is 1.24 bits per heavy atom. The first-order valence-corrected chi connectivity index (χ1v) is 7.55. The molecule has 0 radical (unpaired) electrons. The van der Waals surface area contributed by atoms with Crippen molar-refractivity contribution in [2.75, 3.05) is 12.8 Å². The largest absolute Gasteiger partial charge is 0.343 e. The Bertz CT molecular complexity index is 261. The second kappa shape index (κ2) is 6.12. The smallest absolute Gasteiger partial charge is 0.229 e. The Morgan fingerprint density at radius 3 is 2.18 bits per heavy atom. The van der Waals surface area contributed by atoms with Crippen molar-refractivity contribution in [3.8, 4) is 0 Å². The van der Waals surface area contributed by atoms with Gasteiger partial charge in [-0.1, -0.05) is 41.5 Å². The van der Waals surface area contributed by atoms with E-state index in [1.807, 2.05) is 51.4 Å². The predicted octanol–water partition coefficient (Wildman–Crippen LogP) is 3.80. The number of hydrogen-bond donors (Lipinski definition) is 0. The van der Waals surface area contributed by atoms with Crippen molar-refractivity contribution in [3.63, 3.8) is 0 Å². The number of carbonyl (C=O) groups excluding carboxylic acids is 1. The second-order valence-electron chi connectivity index (χ2n) is 5.90. The zero-order valence-electron chi connectivity index (χ0n) is 12.8. The first-order chi connectivity index (χ1) is 7.66. The number of nitrogens with zero attached hydrogens (tertiary/aromatic N) is 1. The third kappa shape index (κ3) is 4.53. The minimum atomic E-state index is -0.231. The monoisotopic (exact) mass is 259 g/mol. The summed E-state index contributed by atoms with van der Waals surface area (Å²) in [5.74, 6) is 1.19. The molecule has 0 aromatic heterocycles. The molecule has 1 heterocycles. The summed E-state index contributed by atoms with van der Waals surface area (Å²) in [7, 11) is 1.93. The van der Waals surface area contributed by atoms with Crippen molar-refractivity contribution in [2.24, 2.45) is 5.41 Å². The molecular weight excluding hydrogens is 230 g/mol. The van der Waals surface area contributed by atoms with Gasteiger partial charge < -0.3 is 4.90 Å². The number of rotatable bonds is 0. The van der Waals surface area contributed by atoms with Gasteiger partial charge in [0.25, 0.3) is 0 Å². The summed E-state index contributed by atoms with van der Waals surface area (Å²) >= 11 is 1.92. The molecular formula is C14H29NOS. The fourth-order valence-electron chi connectivity index (χ4n) is 2.02. The highest BCUT2D eigenvalue weighted by Crippen LogP contribution is 2.38. The summed E-state index contributed by atoms with van der Waals surface area (Å²) in [6.07, 6.45) is 1.07. The molecule has 102 valence electrons. The maximum Gasteiger partial charge on any atom is 0.229 e. The minimum absolute atomic E-state index is 0.231. The summed E-state index contributed by atoms with van der Waals surface area (Å²) in [6.45, 7) is 14.8. The van der Waals surface area contributed by atoms with E-state index in [1.165, 1.54) is 0 Å². The van der Waals surface area contributed by atoms with Gasteiger partial charge in [-0.25, -0.2) is 0 Å². The Balaban J connectivity index is 0.00000121. The van der Waals surface area contributed by atoms with Crippen molar-refractivity contribution in [1.82, 2.24) is 4.90 Å². The van der Waals surface area contributed by atoms with Gasteiger partial charge in [-0.15, -0.1) is 0 Å². The van der Waals surface area contributed by atoms with E-state index in [-0.39, 0.29) is 16.1 Å². The predicted molar refractivity (Wildman–Crippen MR) is 78.5 cm³/mol. The molecule has 1 aliphatic rings. The van der Waals surface area contributed by atoms with Crippen LogP contribution in [0.15, 0.2) is 0 Å².